The summed E-state index contributed by atoms with van der Waals surface area (Å²) >= 11 is 0. The van der Waals surface area contributed by atoms with Crippen LogP contribution in [0.3, 0.4) is 0 Å². The average molecular weight is 255 g/mol. The van der Waals surface area contributed by atoms with Gasteiger partial charge in [0.2, 0.25) is 0 Å². The van der Waals surface area contributed by atoms with Gasteiger partial charge in [-0.2, -0.15) is 5.10 Å². The first kappa shape index (κ1) is 12.4. The van der Waals surface area contributed by atoms with Crippen molar-refractivity contribution in [3.63, 3.8) is 0 Å². The van der Waals surface area contributed by atoms with Crippen LogP contribution in [0.25, 0.3) is 5.69 Å². The van der Waals surface area contributed by atoms with Crippen LogP contribution in [0.5, 0.6) is 0 Å². The number of nitrogens with zero attached hydrogens (tertiary/aromatic N) is 2. The smallest absolute Gasteiger partial charge is 0.0645 e. The summed E-state index contributed by atoms with van der Waals surface area (Å²) < 4.78 is 1.95. The molecule has 0 aliphatic heterocycles. The van der Waals surface area contributed by atoms with Gasteiger partial charge in [-0.25, -0.2) is 4.68 Å². The summed E-state index contributed by atoms with van der Waals surface area (Å²) in [4.78, 5) is 0. The molecule has 0 amide bonds. The predicted octanol–water partition coefficient (Wildman–Crippen LogP) is 3.47. The first-order valence-electron chi connectivity index (χ1n) is 7.19. The quantitative estimate of drug-likeness (QED) is 0.906. The molecule has 1 aromatic heterocycles. The van der Waals surface area contributed by atoms with Crippen LogP contribution in [0.4, 0.5) is 0 Å². The van der Waals surface area contributed by atoms with E-state index in [1.165, 1.54) is 31.2 Å². The summed E-state index contributed by atoms with van der Waals surface area (Å²) in [5.74, 6) is 0. The molecule has 1 N–H and O–H groups in total. The Morgan fingerprint density at radius 3 is 2.68 bits per heavy atom. The number of rotatable bonds is 4. The van der Waals surface area contributed by atoms with Gasteiger partial charge in [-0.05, 0) is 31.9 Å². The summed E-state index contributed by atoms with van der Waals surface area (Å²) in [6.45, 7) is 2.23. The summed E-state index contributed by atoms with van der Waals surface area (Å²) in [7, 11) is 0. The highest BCUT2D eigenvalue weighted by atomic mass is 15.3. The zero-order chi connectivity index (χ0) is 13.1. The molecule has 1 heterocycles. The fourth-order valence-electron chi connectivity index (χ4n) is 2.82. The van der Waals surface area contributed by atoms with Gasteiger partial charge in [-0.1, -0.05) is 31.0 Å². The fourth-order valence-corrected chi connectivity index (χ4v) is 2.82. The molecule has 3 heteroatoms. The number of hydrogen-bond donors (Lipinski definition) is 1. The highest BCUT2D eigenvalue weighted by Crippen LogP contribution is 2.22. The van der Waals surface area contributed by atoms with Crippen molar-refractivity contribution < 1.29 is 0 Å². The van der Waals surface area contributed by atoms with Crippen LogP contribution in [-0.4, -0.2) is 15.8 Å². The highest BCUT2D eigenvalue weighted by molar-refractivity contribution is 5.31. The number of para-hydroxylation sites is 1. The van der Waals surface area contributed by atoms with Crippen molar-refractivity contribution in [2.75, 3.05) is 0 Å². The minimum Gasteiger partial charge on any atom is -0.307 e. The van der Waals surface area contributed by atoms with Crippen molar-refractivity contribution in [1.82, 2.24) is 15.1 Å². The van der Waals surface area contributed by atoms with Crippen LogP contribution in [0.1, 0.15) is 44.2 Å². The molecule has 3 nitrogen and oxygen atoms in total. The molecule has 1 aromatic carbocycles. The zero-order valence-electron chi connectivity index (χ0n) is 11.4. The van der Waals surface area contributed by atoms with Crippen LogP contribution < -0.4 is 5.32 Å². The second-order valence-corrected chi connectivity index (χ2v) is 5.42. The van der Waals surface area contributed by atoms with E-state index in [9.17, 15) is 0 Å². The van der Waals surface area contributed by atoms with Gasteiger partial charge >= 0.3 is 0 Å². The van der Waals surface area contributed by atoms with Gasteiger partial charge in [-0.3, -0.25) is 0 Å². The van der Waals surface area contributed by atoms with Crippen molar-refractivity contribution in [2.45, 2.75) is 44.7 Å². The average Bonchev–Trinajstić information content (AvgIpc) is 3.10. The van der Waals surface area contributed by atoms with Crippen LogP contribution in [0.2, 0.25) is 0 Å². The molecule has 2 aromatic rings. The van der Waals surface area contributed by atoms with Gasteiger partial charge in [-0.15, -0.1) is 0 Å². The normalized spacial score (nSPS) is 17.7. The third-order valence-corrected chi connectivity index (χ3v) is 3.96. The Morgan fingerprint density at radius 2 is 1.95 bits per heavy atom. The molecule has 0 bridgehead atoms. The maximum atomic E-state index is 4.46. The molecule has 1 unspecified atom stereocenters. The van der Waals surface area contributed by atoms with Crippen molar-refractivity contribution in [2.24, 2.45) is 0 Å². The molecule has 0 spiro atoms. The van der Waals surface area contributed by atoms with Crippen molar-refractivity contribution >= 4 is 0 Å². The van der Waals surface area contributed by atoms with Crippen molar-refractivity contribution in [3.8, 4) is 5.69 Å². The lowest BCUT2D eigenvalue weighted by molar-refractivity contribution is 0.461. The molecule has 100 valence electrons. The molecule has 1 atom stereocenters. The van der Waals surface area contributed by atoms with E-state index in [0.29, 0.717) is 12.1 Å². The Hall–Kier alpha value is -1.61. The Labute approximate surface area is 114 Å². The van der Waals surface area contributed by atoms with Crippen LogP contribution in [-0.2, 0) is 0 Å². The molecule has 1 aliphatic carbocycles. The number of aromatic nitrogens is 2. The molecule has 0 saturated heterocycles. The second-order valence-electron chi connectivity index (χ2n) is 5.42. The van der Waals surface area contributed by atoms with E-state index in [0.717, 1.165) is 5.69 Å². The lowest BCUT2D eigenvalue weighted by Crippen LogP contribution is -2.28. The highest BCUT2D eigenvalue weighted by Gasteiger charge is 2.18. The number of benzene rings is 1. The van der Waals surface area contributed by atoms with E-state index in [4.69, 9.17) is 0 Å². The minimum absolute atomic E-state index is 0.376. The predicted molar refractivity (Wildman–Crippen MR) is 77.4 cm³/mol. The maximum Gasteiger partial charge on any atom is 0.0645 e. The molecule has 1 aliphatic rings. The van der Waals surface area contributed by atoms with E-state index in [1.54, 1.807) is 0 Å². The number of nitrogens with one attached hydrogen (secondary N) is 1. The van der Waals surface area contributed by atoms with Crippen LogP contribution in [0.15, 0.2) is 42.7 Å². The monoisotopic (exact) mass is 255 g/mol. The van der Waals surface area contributed by atoms with Crippen molar-refractivity contribution in [1.29, 1.82) is 0 Å². The van der Waals surface area contributed by atoms with Gasteiger partial charge in [0.25, 0.3) is 0 Å². The minimum atomic E-state index is 0.376. The second kappa shape index (κ2) is 5.57. The molecule has 3 rings (SSSR count). The summed E-state index contributed by atoms with van der Waals surface area (Å²) in [6.07, 6.45) is 9.47. The molecule has 19 heavy (non-hydrogen) atoms. The molecule has 1 saturated carbocycles. The first-order valence-corrected chi connectivity index (χ1v) is 7.19. The third-order valence-electron chi connectivity index (χ3n) is 3.96. The largest absolute Gasteiger partial charge is 0.307 e. The zero-order valence-corrected chi connectivity index (χ0v) is 11.4. The topological polar surface area (TPSA) is 29.9 Å². The molecular weight excluding hydrogens is 234 g/mol. The molecular formula is C16H21N3. The van der Waals surface area contributed by atoms with Crippen molar-refractivity contribution in [3.05, 3.63) is 48.3 Å². The van der Waals surface area contributed by atoms with Crippen LogP contribution in [0, 0.1) is 0 Å². The van der Waals surface area contributed by atoms with Gasteiger partial charge in [0.15, 0.2) is 0 Å². The maximum absolute atomic E-state index is 4.46. The van der Waals surface area contributed by atoms with E-state index >= 15 is 0 Å². The van der Waals surface area contributed by atoms with E-state index < -0.39 is 0 Å². The molecule has 0 radical (unpaired) electrons. The SMILES string of the molecule is CC(NC1CCCC1)c1cnn(-c2ccccc2)c1. The van der Waals surface area contributed by atoms with Gasteiger partial charge in [0.1, 0.15) is 0 Å². The van der Waals surface area contributed by atoms with Crippen LogP contribution >= 0.6 is 0 Å². The van der Waals surface area contributed by atoms with Gasteiger partial charge in [0, 0.05) is 23.8 Å². The standard InChI is InChI=1S/C16H21N3/c1-13(18-15-7-5-6-8-15)14-11-17-19(12-14)16-9-3-2-4-10-16/h2-4,9-13,15,18H,5-8H2,1H3. The number of hydrogen-bond acceptors (Lipinski definition) is 2. The fraction of sp³-hybridized carbons (Fsp3) is 0.438. The van der Waals surface area contributed by atoms with E-state index in [2.05, 4.69) is 35.7 Å². The Bertz CT molecular complexity index is 512. The van der Waals surface area contributed by atoms with E-state index in [1.807, 2.05) is 29.1 Å². The Morgan fingerprint density at radius 1 is 1.21 bits per heavy atom. The summed E-state index contributed by atoms with van der Waals surface area (Å²) in [5, 5.41) is 8.17. The molecule has 1 fully saturated rings. The summed E-state index contributed by atoms with van der Waals surface area (Å²) in [5.41, 5.74) is 2.37. The Kier molecular flexibility index (Phi) is 3.65. The van der Waals surface area contributed by atoms with Gasteiger partial charge in [0.05, 0.1) is 11.9 Å². The lowest BCUT2D eigenvalue weighted by Gasteiger charge is -2.17. The third kappa shape index (κ3) is 2.87. The Balaban J connectivity index is 1.70. The van der Waals surface area contributed by atoms with Gasteiger partial charge < -0.3 is 5.32 Å². The van der Waals surface area contributed by atoms with E-state index in [-0.39, 0.29) is 0 Å². The lowest BCUT2D eigenvalue weighted by atomic mass is 10.1. The first-order chi connectivity index (χ1) is 9.33. The summed E-state index contributed by atoms with van der Waals surface area (Å²) in [6, 6.07) is 11.3.